The summed E-state index contributed by atoms with van der Waals surface area (Å²) in [7, 11) is 0. The van der Waals surface area contributed by atoms with E-state index >= 15 is 0 Å². The number of benzene rings is 4. The Morgan fingerprint density at radius 3 is 2.23 bits per heavy atom. The highest BCUT2D eigenvalue weighted by atomic mass is 32.1. The second-order valence-corrected chi connectivity index (χ2v) is 18.2. The molecule has 4 heteroatoms. The molecule has 3 heterocycles. The molecule has 0 spiro atoms. The number of nitrogens with zero attached hydrogens (tertiary/aromatic N) is 2. The Kier molecular flexibility index (Phi) is 5.98. The lowest BCUT2D eigenvalue weighted by molar-refractivity contribution is 0.413. The number of hydrogen-bond acceptors (Lipinski definition) is 3. The smallest absolute Gasteiger partial charge is 0.264 e. The van der Waals surface area contributed by atoms with Crippen LogP contribution in [0.1, 0.15) is 101 Å². The molecule has 2 bridgehead atoms. The van der Waals surface area contributed by atoms with E-state index in [1.54, 1.807) is 0 Å². The Balaban J connectivity index is 1.40. The molecule has 2 aliphatic carbocycles. The van der Waals surface area contributed by atoms with Crippen molar-refractivity contribution in [1.82, 2.24) is 0 Å². The topological polar surface area (TPSA) is 6.48 Å². The first-order valence-corrected chi connectivity index (χ1v) is 19.0. The average Bonchev–Trinajstić information content (AvgIpc) is 3.81. The van der Waals surface area contributed by atoms with E-state index in [-0.39, 0.29) is 17.5 Å². The molecule has 244 valence electrons. The van der Waals surface area contributed by atoms with Crippen molar-refractivity contribution in [3.63, 3.8) is 0 Å². The Bertz CT molecular complexity index is 2200. The maximum Gasteiger partial charge on any atom is 0.264 e. The third kappa shape index (κ3) is 4.50. The van der Waals surface area contributed by atoms with E-state index in [1.807, 2.05) is 17.4 Å². The highest BCUT2D eigenvalue weighted by Gasteiger charge is 2.50. The van der Waals surface area contributed by atoms with Gasteiger partial charge in [0.25, 0.3) is 6.71 Å². The van der Waals surface area contributed by atoms with Crippen LogP contribution in [0.4, 0.5) is 28.4 Å². The zero-order chi connectivity index (χ0) is 35.8. The molecular formula is C44H49BN2S. The molecule has 4 aromatic carbocycles. The van der Waals surface area contributed by atoms with Gasteiger partial charge >= 0.3 is 0 Å². The number of hydrogen-bond donors (Lipinski definition) is 0. The third-order valence-electron chi connectivity index (χ3n) is 12.1. The van der Waals surface area contributed by atoms with Gasteiger partial charge in [-0.2, -0.15) is 0 Å². The number of fused-ring (bicyclic) bond motifs is 8. The van der Waals surface area contributed by atoms with Crippen LogP contribution >= 0.6 is 11.3 Å². The van der Waals surface area contributed by atoms with Gasteiger partial charge in [-0.25, -0.2) is 0 Å². The van der Waals surface area contributed by atoms with Crippen LogP contribution < -0.4 is 25.5 Å². The van der Waals surface area contributed by atoms with E-state index in [0.29, 0.717) is 17.5 Å². The van der Waals surface area contributed by atoms with E-state index in [9.17, 15) is 0 Å². The van der Waals surface area contributed by atoms with Gasteiger partial charge in [-0.15, -0.1) is 11.3 Å². The van der Waals surface area contributed by atoms with Crippen molar-refractivity contribution in [2.24, 2.45) is 11.8 Å². The number of aryl methyl sites for hydroxylation is 2. The SMILES string of the molecule is [2H]C([2H])([2H])c1cc2c3c(c1)N(C1CC4CCC1C4)c1ccc(CC)cc1B3c1sc3ccc(C(C)(C)C)cc3c1N2c1ccc(C(C)(C)C)cc1. The van der Waals surface area contributed by atoms with Crippen LogP contribution in [-0.4, -0.2) is 12.8 Å². The predicted octanol–water partition coefficient (Wildman–Crippen LogP) is 10.3. The molecule has 9 rings (SSSR count). The summed E-state index contributed by atoms with van der Waals surface area (Å²) in [6.45, 7) is 13.7. The molecule has 0 N–H and O–H groups in total. The Morgan fingerprint density at radius 2 is 1.56 bits per heavy atom. The van der Waals surface area contributed by atoms with E-state index in [4.69, 9.17) is 4.11 Å². The molecule has 5 aromatic rings. The van der Waals surface area contributed by atoms with Crippen LogP contribution in [0.25, 0.3) is 10.1 Å². The van der Waals surface area contributed by atoms with Crippen LogP contribution in [0.2, 0.25) is 0 Å². The van der Waals surface area contributed by atoms with Crippen molar-refractivity contribution in [3.8, 4) is 0 Å². The Hall–Kier alpha value is -3.50. The Labute approximate surface area is 296 Å². The molecule has 0 amide bonds. The summed E-state index contributed by atoms with van der Waals surface area (Å²) in [6, 6.07) is 27.7. The van der Waals surface area contributed by atoms with Crippen LogP contribution in [0.5, 0.6) is 0 Å². The molecule has 3 unspecified atom stereocenters. The van der Waals surface area contributed by atoms with Crippen LogP contribution in [0.15, 0.2) is 72.8 Å². The second kappa shape index (κ2) is 10.5. The standard InChI is InChI=1S/C44H49BN2S/c1-9-27-11-18-35-34(23-27)45-40-37(20-26(2)21-38(40)47(35)36-24-28-10-12-29(36)22-28)46(32-16-13-30(14-17-32)43(3,4)5)41-33-25-31(44(6,7)8)15-19-39(33)48-42(41)45/h11,13-21,23,25,28-29,36H,9-10,12,22,24H2,1-8H3/i2D3. The van der Waals surface area contributed by atoms with Gasteiger partial charge in [0.1, 0.15) is 0 Å². The zero-order valence-corrected chi connectivity index (χ0v) is 30.4. The fourth-order valence-electron chi connectivity index (χ4n) is 9.52. The normalized spacial score (nSPS) is 22.4. The van der Waals surface area contributed by atoms with E-state index in [0.717, 1.165) is 29.4 Å². The molecule has 48 heavy (non-hydrogen) atoms. The molecule has 2 aliphatic heterocycles. The van der Waals surface area contributed by atoms with Crippen molar-refractivity contribution in [3.05, 3.63) is 95.1 Å². The monoisotopic (exact) mass is 651 g/mol. The molecule has 2 nitrogen and oxygen atoms in total. The second-order valence-electron chi connectivity index (χ2n) is 17.1. The Morgan fingerprint density at radius 1 is 0.812 bits per heavy atom. The largest absolute Gasteiger partial charge is 0.339 e. The van der Waals surface area contributed by atoms with Crippen LogP contribution in [0.3, 0.4) is 0 Å². The molecule has 1 aromatic heterocycles. The summed E-state index contributed by atoms with van der Waals surface area (Å²) < 4.78 is 29.0. The minimum absolute atomic E-state index is 0.00893. The molecular weight excluding hydrogens is 599 g/mol. The van der Waals surface area contributed by atoms with Gasteiger partial charge in [0.2, 0.25) is 0 Å². The van der Waals surface area contributed by atoms with Crippen LogP contribution in [-0.2, 0) is 17.3 Å². The maximum absolute atomic E-state index is 8.80. The average molecular weight is 652 g/mol. The number of thiophene rings is 1. The first-order chi connectivity index (χ1) is 24.1. The van der Waals surface area contributed by atoms with Gasteiger partial charge in [0.15, 0.2) is 0 Å². The van der Waals surface area contributed by atoms with Crippen molar-refractivity contribution in [2.45, 2.75) is 104 Å². The van der Waals surface area contributed by atoms with Gasteiger partial charge in [-0.3, -0.25) is 0 Å². The first kappa shape index (κ1) is 27.3. The summed E-state index contributed by atoms with van der Waals surface area (Å²) >= 11 is 1.92. The summed E-state index contributed by atoms with van der Waals surface area (Å²) in [6.07, 6.45) is 6.04. The molecule has 0 radical (unpaired) electrons. The third-order valence-corrected chi connectivity index (χ3v) is 13.3. The van der Waals surface area contributed by atoms with Crippen molar-refractivity contribution < 1.29 is 4.11 Å². The summed E-state index contributed by atoms with van der Waals surface area (Å²) in [5, 5.41) is 1.25. The van der Waals surface area contributed by atoms with E-state index in [1.165, 1.54) is 79.5 Å². The fraction of sp³-hybridized carbons (Fsp3) is 0.409. The lowest BCUT2D eigenvalue weighted by Gasteiger charge is -2.47. The molecule has 0 saturated heterocycles. The maximum atomic E-state index is 8.80. The van der Waals surface area contributed by atoms with E-state index < -0.39 is 6.85 Å². The van der Waals surface area contributed by atoms with Crippen molar-refractivity contribution in [2.75, 3.05) is 9.80 Å². The van der Waals surface area contributed by atoms with Gasteiger partial charge in [0.05, 0.1) is 5.69 Å². The van der Waals surface area contributed by atoms with Gasteiger partial charge < -0.3 is 9.80 Å². The molecule has 3 atom stereocenters. The van der Waals surface area contributed by atoms with Gasteiger partial charge in [-0.1, -0.05) is 85.2 Å². The van der Waals surface area contributed by atoms with Gasteiger partial charge in [0, 0.05) is 47.8 Å². The minimum atomic E-state index is -2.24. The van der Waals surface area contributed by atoms with Crippen LogP contribution in [0, 0.1) is 18.7 Å². The zero-order valence-electron chi connectivity index (χ0n) is 32.6. The lowest BCUT2D eigenvalue weighted by atomic mass is 9.36. The number of anilines is 5. The fourth-order valence-corrected chi connectivity index (χ4v) is 10.8. The van der Waals surface area contributed by atoms with E-state index in [2.05, 4.69) is 125 Å². The minimum Gasteiger partial charge on any atom is -0.339 e. The summed E-state index contributed by atoms with van der Waals surface area (Å²) in [5.74, 6) is 1.40. The van der Waals surface area contributed by atoms with Crippen molar-refractivity contribution in [1.29, 1.82) is 0 Å². The number of rotatable bonds is 3. The van der Waals surface area contributed by atoms with Crippen molar-refractivity contribution >= 4 is 72.3 Å². The molecule has 2 fully saturated rings. The highest BCUT2D eigenvalue weighted by molar-refractivity contribution is 7.33. The first-order valence-electron chi connectivity index (χ1n) is 19.7. The van der Waals surface area contributed by atoms with Gasteiger partial charge in [-0.05, 0) is 131 Å². The highest BCUT2D eigenvalue weighted by Crippen LogP contribution is 2.52. The quantitative estimate of drug-likeness (QED) is 0.176. The predicted molar refractivity (Wildman–Crippen MR) is 210 cm³/mol. The summed E-state index contributed by atoms with van der Waals surface area (Å²) in [4.78, 5) is 5.06. The lowest BCUT2D eigenvalue weighted by Crippen LogP contribution is -2.62. The molecule has 2 saturated carbocycles. The molecule has 4 aliphatic rings. The summed E-state index contributed by atoms with van der Waals surface area (Å²) in [5.41, 5.74) is 12.7.